The number of ether oxygens (including phenoxy) is 1. The molecule has 0 saturated heterocycles. The summed E-state index contributed by atoms with van der Waals surface area (Å²) in [7, 11) is 0. The molecule has 0 aliphatic carbocycles. The lowest BCUT2D eigenvalue weighted by Gasteiger charge is -2.07. The van der Waals surface area contributed by atoms with Crippen molar-refractivity contribution < 1.29 is 4.74 Å². The predicted octanol–water partition coefficient (Wildman–Crippen LogP) is 5.47. The van der Waals surface area contributed by atoms with Crippen LogP contribution in [0, 0.1) is 0 Å². The third-order valence-corrected chi connectivity index (χ3v) is 5.87. The number of benzene rings is 1. The Hall–Kier alpha value is -2.44. The standard InChI is InChI=1S/C20H19N3OS2/c1-2-24-16-10-19(26-12-16)17-11-20(23-13-22-17)21-7-5-14-3-4-18-15(9-14)6-8-25-18/h3-4,6,8-13H,2,5,7H2,1H3,(H,21,22,23). The summed E-state index contributed by atoms with van der Waals surface area (Å²) in [4.78, 5) is 9.80. The Labute approximate surface area is 160 Å². The highest BCUT2D eigenvalue weighted by atomic mass is 32.1. The van der Waals surface area contributed by atoms with Crippen LogP contribution >= 0.6 is 22.7 Å². The number of aromatic nitrogens is 2. The first-order valence-corrected chi connectivity index (χ1v) is 10.3. The topological polar surface area (TPSA) is 47.0 Å². The van der Waals surface area contributed by atoms with Crippen LogP contribution in [0.2, 0.25) is 0 Å². The van der Waals surface area contributed by atoms with E-state index in [9.17, 15) is 0 Å². The highest BCUT2D eigenvalue weighted by Gasteiger charge is 2.06. The van der Waals surface area contributed by atoms with Crippen molar-refractivity contribution in [2.75, 3.05) is 18.5 Å². The van der Waals surface area contributed by atoms with Gasteiger partial charge in [0.1, 0.15) is 17.9 Å². The fourth-order valence-electron chi connectivity index (χ4n) is 2.79. The Morgan fingerprint density at radius 1 is 1.08 bits per heavy atom. The molecule has 0 bridgehead atoms. The van der Waals surface area contributed by atoms with E-state index in [1.165, 1.54) is 15.6 Å². The van der Waals surface area contributed by atoms with Gasteiger partial charge in [0.05, 0.1) is 17.2 Å². The minimum Gasteiger partial charge on any atom is -0.493 e. The van der Waals surface area contributed by atoms with Crippen molar-refractivity contribution in [1.82, 2.24) is 9.97 Å². The number of nitrogens with one attached hydrogen (secondary N) is 1. The van der Waals surface area contributed by atoms with E-state index in [1.807, 2.05) is 24.4 Å². The maximum absolute atomic E-state index is 5.53. The van der Waals surface area contributed by atoms with Gasteiger partial charge in [-0.25, -0.2) is 9.97 Å². The highest BCUT2D eigenvalue weighted by Crippen LogP contribution is 2.30. The van der Waals surface area contributed by atoms with Gasteiger partial charge < -0.3 is 10.1 Å². The molecule has 4 rings (SSSR count). The Morgan fingerprint density at radius 2 is 2.04 bits per heavy atom. The SMILES string of the molecule is CCOc1csc(-c2cc(NCCc3ccc4sccc4c3)ncn2)c1. The van der Waals surface area contributed by atoms with E-state index in [4.69, 9.17) is 4.74 Å². The summed E-state index contributed by atoms with van der Waals surface area (Å²) in [6.45, 7) is 3.49. The summed E-state index contributed by atoms with van der Waals surface area (Å²) in [6.07, 6.45) is 2.56. The van der Waals surface area contributed by atoms with Crippen molar-refractivity contribution in [3.63, 3.8) is 0 Å². The molecule has 132 valence electrons. The smallest absolute Gasteiger partial charge is 0.130 e. The van der Waals surface area contributed by atoms with E-state index in [1.54, 1.807) is 29.0 Å². The van der Waals surface area contributed by atoms with Crippen molar-refractivity contribution in [3.8, 4) is 16.3 Å². The van der Waals surface area contributed by atoms with Gasteiger partial charge in [-0.15, -0.1) is 22.7 Å². The van der Waals surface area contributed by atoms with Crippen molar-refractivity contribution in [2.24, 2.45) is 0 Å². The van der Waals surface area contributed by atoms with Gasteiger partial charge in [-0.2, -0.15) is 0 Å². The summed E-state index contributed by atoms with van der Waals surface area (Å²) >= 11 is 3.41. The van der Waals surface area contributed by atoms with Crippen molar-refractivity contribution in [1.29, 1.82) is 0 Å². The Kier molecular flexibility index (Phi) is 5.13. The van der Waals surface area contributed by atoms with E-state index in [0.717, 1.165) is 35.1 Å². The molecule has 0 unspecified atom stereocenters. The van der Waals surface area contributed by atoms with Crippen molar-refractivity contribution in [3.05, 3.63) is 59.0 Å². The summed E-state index contributed by atoms with van der Waals surface area (Å²) in [6, 6.07) is 12.8. The number of thiophene rings is 2. The molecule has 0 saturated carbocycles. The van der Waals surface area contributed by atoms with Crippen LogP contribution in [0.15, 0.2) is 53.5 Å². The van der Waals surface area contributed by atoms with Gasteiger partial charge in [0.25, 0.3) is 0 Å². The van der Waals surface area contributed by atoms with Gasteiger partial charge in [0, 0.05) is 28.8 Å². The van der Waals surface area contributed by atoms with Gasteiger partial charge in [0.2, 0.25) is 0 Å². The first-order valence-electron chi connectivity index (χ1n) is 8.55. The molecule has 0 aliphatic rings. The largest absolute Gasteiger partial charge is 0.493 e. The monoisotopic (exact) mass is 381 g/mol. The molecule has 26 heavy (non-hydrogen) atoms. The second-order valence-corrected chi connectivity index (χ2v) is 7.70. The van der Waals surface area contributed by atoms with Crippen LogP contribution in [0.25, 0.3) is 20.7 Å². The Morgan fingerprint density at radius 3 is 2.96 bits per heavy atom. The van der Waals surface area contributed by atoms with Crippen LogP contribution in [0.4, 0.5) is 5.82 Å². The summed E-state index contributed by atoms with van der Waals surface area (Å²) in [5.41, 5.74) is 2.25. The zero-order valence-electron chi connectivity index (χ0n) is 14.4. The van der Waals surface area contributed by atoms with E-state index in [0.29, 0.717) is 6.61 Å². The fourth-order valence-corrected chi connectivity index (χ4v) is 4.36. The molecule has 1 N–H and O–H groups in total. The van der Waals surface area contributed by atoms with Crippen molar-refractivity contribution >= 4 is 38.6 Å². The molecule has 4 nitrogen and oxygen atoms in total. The van der Waals surface area contributed by atoms with E-state index in [-0.39, 0.29) is 0 Å². The minimum atomic E-state index is 0.671. The lowest BCUT2D eigenvalue weighted by atomic mass is 10.1. The van der Waals surface area contributed by atoms with Crippen LogP contribution in [0.1, 0.15) is 12.5 Å². The number of nitrogens with zero attached hydrogens (tertiary/aromatic N) is 2. The quantitative estimate of drug-likeness (QED) is 0.461. The Bertz CT molecular complexity index is 1010. The molecule has 4 aromatic rings. The number of fused-ring (bicyclic) bond motifs is 1. The zero-order valence-corrected chi connectivity index (χ0v) is 16.1. The van der Waals surface area contributed by atoms with E-state index in [2.05, 4.69) is 44.9 Å². The van der Waals surface area contributed by atoms with Crippen LogP contribution in [-0.4, -0.2) is 23.1 Å². The van der Waals surface area contributed by atoms with Crippen molar-refractivity contribution in [2.45, 2.75) is 13.3 Å². The number of anilines is 1. The molecule has 0 aliphatic heterocycles. The number of rotatable bonds is 7. The molecule has 0 spiro atoms. The van der Waals surface area contributed by atoms with Gasteiger partial charge in [0.15, 0.2) is 0 Å². The van der Waals surface area contributed by atoms with Gasteiger partial charge in [-0.05, 0) is 41.8 Å². The molecule has 3 heterocycles. The number of hydrogen-bond acceptors (Lipinski definition) is 6. The van der Waals surface area contributed by atoms with E-state index >= 15 is 0 Å². The lowest BCUT2D eigenvalue weighted by Crippen LogP contribution is -2.06. The second kappa shape index (κ2) is 7.85. The summed E-state index contributed by atoms with van der Waals surface area (Å²) in [5, 5.41) is 8.87. The molecule has 0 fully saturated rings. The van der Waals surface area contributed by atoms with E-state index < -0.39 is 0 Å². The number of hydrogen-bond donors (Lipinski definition) is 1. The lowest BCUT2D eigenvalue weighted by molar-refractivity contribution is 0.342. The normalized spacial score (nSPS) is 11.0. The third kappa shape index (κ3) is 3.86. The molecule has 3 aromatic heterocycles. The maximum atomic E-state index is 5.53. The molecular formula is C20H19N3OS2. The molecule has 0 radical (unpaired) electrons. The first-order chi connectivity index (χ1) is 12.8. The summed E-state index contributed by atoms with van der Waals surface area (Å²) < 4.78 is 6.87. The average Bonchev–Trinajstić information content (AvgIpc) is 3.31. The summed E-state index contributed by atoms with van der Waals surface area (Å²) in [5.74, 6) is 1.74. The minimum absolute atomic E-state index is 0.671. The van der Waals surface area contributed by atoms with Gasteiger partial charge in [-0.1, -0.05) is 12.1 Å². The van der Waals surface area contributed by atoms with Crippen LogP contribution in [0.5, 0.6) is 5.75 Å². The third-order valence-electron chi connectivity index (χ3n) is 4.04. The molecule has 0 atom stereocenters. The Balaban J connectivity index is 1.40. The average molecular weight is 382 g/mol. The second-order valence-electron chi connectivity index (χ2n) is 5.84. The maximum Gasteiger partial charge on any atom is 0.130 e. The molecule has 0 amide bonds. The van der Waals surface area contributed by atoms with Crippen LogP contribution in [0.3, 0.4) is 0 Å². The highest BCUT2D eigenvalue weighted by molar-refractivity contribution is 7.17. The fraction of sp³-hybridized carbons (Fsp3) is 0.200. The first kappa shape index (κ1) is 17.0. The van der Waals surface area contributed by atoms with Gasteiger partial charge >= 0.3 is 0 Å². The molecule has 6 heteroatoms. The predicted molar refractivity (Wildman–Crippen MR) is 111 cm³/mol. The zero-order chi connectivity index (χ0) is 17.8. The molecule has 1 aromatic carbocycles. The van der Waals surface area contributed by atoms with Crippen LogP contribution in [-0.2, 0) is 6.42 Å². The molecular weight excluding hydrogens is 362 g/mol. The van der Waals surface area contributed by atoms with Gasteiger partial charge in [-0.3, -0.25) is 0 Å². The van der Waals surface area contributed by atoms with Crippen LogP contribution < -0.4 is 10.1 Å².